The van der Waals surface area contributed by atoms with Crippen LogP contribution in [0.5, 0.6) is 0 Å². The van der Waals surface area contributed by atoms with Gasteiger partial charge < -0.3 is 20.4 Å². The highest BCUT2D eigenvalue weighted by Crippen LogP contribution is 2.17. The molecule has 0 bridgehead atoms. The first kappa shape index (κ1) is 25.2. The number of aryl methyl sites for hydroxylation is 2. The summed E-state index contributed by atoms with van der Waals surface area (Å²) in [6.07, 6.45) is 3.00. The molecule has 8 nitrogen and oxygen atoms in total. The highest BCUT2D eigenvalue weighted by Gasteiger charge is 2.24. The minimum atomic E-state index is -0.241. The summed E-state index contributed by atoms with van der Waals surface area (Å²) in [7, 11) is 0. The van der Waals surface area contributed by atoms with Crippen molar-refractivity contribution in [1.82, 2.24) is 15.5 Å². The molecule has 2 aromatic carbocycles. The molecule has 0 saturated carbocycles. The zero-order valence-electron chi connectivity index (χ0n) is 20.7. The third-order valence-corrected chi connectivity index (χ3v) is 6.38. The number of nitrogens with one attached hydrogen (secondary N) is 3. The van der Waals surface area contributed by atoms with Gasteiger partial charge in [-0.05, 0) is 50.5 Å². The number of benzene rings is 2. The Bertz CT molecular complexity index is 1210. The summed E-state index contributed by atoms with van der Waals surface area (Å²) in [6.45, 7) is 5.86. The molecule has 3 amide bonds. The van der Waals surface area contributed by atoms with E-state index in [1.54, 1.807) is 30.3 Å². The average molecular weight is 489 g/mol. The third-order valence-electron chi connectivity index (χ3n) is 6.38. The van der Waals surface area contributed by atoms with Crippen LogP contribution in [0.25, 0.3) is 0 Å². The molecule has 1 aliphatic heterocycles. The van der Waals surface area contributed by atoms with Crippen molar-refractivity contribution in [1.29, 1.82) is 0 Å². The first-order valence-electron chi connectivity index (χ1n) is 12.2. The Balaban J connectivity index is 1.25. The number of amides is 3. The van der Waals surface area contributed by atoms with Gasteiger partial charge in [-0.1, -0.05) is 42.0 Å². The molecule has 1 saturated heterocycles. The molecule has 0 spiro atoms. The first-order chi connectivity index (χ1) is 17.4. The Hall–Kier alpha value is -3.91. The van der Waals surface area contributed by atoms with E-state index < -0.39 is 0 Å². The maximum absolute atomic E-state index is 12.8. The molecule has 2 heterocycles. The Morgan fingerprint density at radius 2 is 1.67 bits per heavy atom. The Morgan fingerprint density at radius 3 is 2.36 bits per heavy atom. The second-order valence-electron chi connectivity index (χ2n) is 9.22. The zero-order valence-corrected chi connectivity index (χ0v) is 20.7. The highest BCUT2D eigenvalue weighted by atomic mass is 16.3. The fourth-order valence-electron chi connectivity index (χ4n) is 4.26. The molecule has 1 fully saturated rings. The minimum absolute atomic E-state index is 0.0410. The molecule has 1 aliphatic rings. The van der Waals surface area contributed by atoms with E-state index in [2.05, 4.69) is 20.9 Å². The first-order valence-corrected chi connectivity index (χ1v) is 12.2. The van der Waals surface area contributed by atoms with E-state index >= 15 is 0 Å². The van der Waals surface area contributed by atoms with Crippen molar-refractivity contribution < 1.29 is 18.8 Å². The predicted molar refractivity (Wildman–Crippen MR) is 138 cm³/mol. The molecular weight excluding hydrogens is 456 g/mol. The second kappa shape index (κ2) is 11.7. The molecule has 0 aliphatic carbocycles. The summed E-state index contributed by atoms with van der Waals surface area (Å²) in [5, 5.41) is 8.83. The molecule has 3 N–H and O–H groups in total. The van der Waals surface area contributed by atoms with Crippen LogP contribution in [0.1, 0.15) is 50.4 Å². The smallest absolute Gasteiger partial charge is 0.287 e. The summed E-state index contributed by atoms with van der Waals surface area (Å²) in [4.78, 5) is 40.0. The van der Waals surface area contributed by atoms with Crippen LogP contribution in [-0.2, 0) is 11.3 Å². The number of nitrogens with zero attached hydrogens (tertiary/aromatic N) is 1. The van der Waals surface area contributed by atoms with Crippen molar-refractivity contribution in [2.45, 2.75) is 39.3 Å². The maximum atomic E-state index is 12.8. The quantitative estimate of drug-likeness (QED) is 0.449. The molecule has 0 radical (unpaired) electrons. The van der Waals surface area contributed by atoms with Crippen molar-refractivity contribution in [3.8, 4) is 0 Å². The van der Waals surface area contributed by atoms with Gasteiger partial charge in [0.25, 0.3) is 11.8 Å². The lowest BCUT2D eigenvalue weighted by molar-refractivity contribution is -0.117. The predicted octanol–water partition coefficient (Wildman–Crippen LogP) is 3.66. The van der Waals surface area contributed by atoms with Crippen molar-refractivity contribution in [3.05, 3.63) is 88.9 Å². The Morgan fingerprint density at radius 1 is 0.944 bits per heavy atom. The van der Waals surface area contributed by atoms with Crippen LogP contribution >= 0.6 is 0 Å². The fourth-order valence-corrected chi connectivity index (χ4v) is 4.26. The van der Waals surface area contributed by atoms with Gasteiger partial charge in [-0.2, -0.15) is 0 Å². The summed E-state index contributed by atoms with van der Waals surface area (Å²) < 4.78 is 5.26. The van der Waals surface area contributed by atoms with E-state index in [4.69, 9.17) is 4.42 Å². The topological polar surface area (TPSA) is 104 Å². The van der Waals surface area contributed by atoms with Gasteiger partial charge in [-0.15, -0.1) is 0 Å². The van der Waals surface area contributed by atoms with E-state index in [1.165, 1.54) is 6.26 Å². The molecular formula is C28H32N4O4. The SMILES string of the molecule is Cc1ccc(CNC(=O)c2ccccc2NC(=O)CN2CCC(NC(=O)c3occc3C)CC2)cc1. The van der Waals surface area contributed by atoms with Gasteiger partial charge >= 0.3 is 0 Å². The highest BCUT2D eigenvalue weighted by molar-refractivity contribution is 6.04. The third kappa shape index (κ3) is 6.60. The van der Waals surface area contributed by atoms with E-state index in [-0.39, 0.29) is 30.3 Å². The van der Waals surface area contributed by atoms with Crippen LogP contribution < -0.4 is 16.0 Å². The van der Waals surface area contributed by atoms with Crippen LogP contribution in [0.15, 0.2) is 65.3 Å². The number of anilines is 1. The molecule has 0 unspecified atom stereocenters. The lowest BCUT2D eigenvalue weighted by Crippen LogP contribution is -2.46. The molecule has 36 heavy (non-hydrogen) atoms. The number of para-hydroxylation sites is 1. The minimum Gasteiger partial charge on any atom is -0.459 e. The number of hydrogen-bond acceptors (Lipinski definition) is 5. The van der Waals surface area contributed by atoms with Crippen LogP contribution in [0, 0.1) is 13.8 Å². The number of furan rings is 1. The summed E-state index contributed by atoms with van der Waals surface area (Å²) in [5.74, 6) is -0.276. The average Bonchev–Trinajstić information content (AvgIpc) is 3.31. The van der Waals surface area contributed by atoms with Gasteiger partial charge in [-0.3, -0.25) is 19.3 Å². The van der Waals surface area contributed by atoms with Crippen LogP contribution in [-0.4, -0.2) is 48.3 Å². The molecule has 0 atom stereocenters. The number of carbonyl (C=O) groups is 3. The van der Waals surface area contributed by atoms with Gasteiger partial charge in [0.15, 0.2) is 5.76 Å². The van der Waals surface area contributed by atoms with E-state index in [0.29, 0.717) is 36.6 Å². The van der Waals surface area contributed by atoms with Gasteiger partial charge in [0.1, 0.15) is 0 Å². The summed E-state index contributed by atoms with van der Waals surface area (Å²) in [6, 6.07) is 16.8. The number of piperidine rings is 1. The lowest BCUT2D eigenvalue weighted by atomic mass is 10.0. The van der Waals surface area contributed by atoms with Gasteiger partial charge in [0, 0.05) is 31.2 Å². The van der Waals surface area contributed by atoms with Crippen LogP contribution in [0.4, 0.5) is 5.69 Å². The molecule has 8 heteroatoms. The Labute approximate surface area is 211 Å². The van der Waals surface area contributed by atoms with E-state index in [1.807, 2.05) is 38.1 Å². The van der Waals surface area contributed by atoms with Gasteiger partial charge in [-0.25, -0.2) is 0 Å². The van der Waals surface area contributed by atoms with Crippen molar-refractivity contribution in [3.63, 3.8) is 0 Å². The zero-order chi connectivity index (χ0) is 25.5. The molecule has 1 aromatic heterocycles. The van der Waals surface area contributed by atoms with Crippen LogP contribution in [0.3, 0.4) is 0 Å². The molecule has 4 rings (SSSR count). The fraction of sp³-hybridized carbons (Fsp3) is 0.321. The maximum Gasteiger partial charge on any atom is 0.287 e. The number of hydrogen-bond donors (Lipinski definition) is 3. The normalized spacial score (nSPS) is 14.3. The van der Waals surface area contributed by atoms with Crippen LogP contribution in [0.2, 0.25) is 0 Å². The standard InChI is InChI=1S/C28H32N4O4/c1-19-7-9-21(10-8-19)17-29-27(34)23-5-3-4-6-24(23)31-25(33)18-32-14-11-22(12-15-32)30-28(35)26-20(2)13-16-36-26/h3-10,13,16,22H,11-12,14-15,17-18H2,1-2H3,(H,29,34)(H,30,35)(H,31,33). The van der Waals surface area contributed by atoms with Gasteiger partial charge in [0.2, 0.25) is 5.91 Å². The van der Waals surface area contributed by atoms with Crippen molar-refractivity contribution in [2.75, 3.05) is 25.0 Å². The van der Waals surface area contributed by atoms with Gasteiger partial charge in [0.05, 0.1) is 24.1 Å². The second-order valence-corrected chi connectivity index (χ2v) is 9.22. The summed E-state index contributed by atoms with van der Waals surface area (Å²) >= 11 is 0. The van der Waals surface area contributed by atoms with Crippen molar-refractivity contribution >= 4 is 23.4 Å². The lowest BCUT2D eigenvalue weighted by Gasteiger charge is -2.31. The molecule has 188 valence electrons. The number of carbonyl (C=O) groups excluding carboxylic acids is 3. The summed E-state index contributed by atoms with van der Waals surface area (Å²) in [5.41, 5.74) is 3.89. The number of likely N-dealkylation sites (tertiary alicyclic amines) is 1. The monoisotopic (exact) mass is 488 g/mol. The Kier molecular flexibility index (Phi) is 8.17. The number of rotatable bonds is 8. The van der Waals surface area contributed by atoms with E-state index in [9.17, 15) is 14.4 Å². The van der Waals surface area contributed by atoms with Crippen molar-refractivity contribution in [2.24, 2.45) is 0 Å². The molecule has 3 aromatic rings. The largest absolute Gasteiger partial charge is 0.459 e. The van der Waals surface area contributed by atoms with E-state index in [0.717, 1.165) is 29.5 Å².